The third-order valence-corrected chi connectivity index (χ3v) is 2.58. The summed E-state index contributed by atoms with van der Waals surface area (Å²) in [5, 5.41) is 0. The van der Waals surface area contributed by atoms with Gasteiger partial charge < -0.3 is 9.15 Å². The first-order chi connectivity index (χ1) is 6.15. The number of carbonyl (C=O) groups is 1. The molecule has 3 nitrogen and oxygen atoms in total. The number of hydrogen-bond acceptors (Lipinski definition) is 3. The zero-order valence-corrected chi connectivity index (χ0v) is 7.79. The standard InChI is InChI=1S/C10H12O3/c1-7-3-4-9(13-7)10(8(2)11)5-12-6-10/h3-4H,5-6H2,1-2H3. The van der Waals surface area contributed by atoms with Gasteiger partial charge in [0.2, 0.25) is 0 Å². The van der Waals surface area contributed by atoms with Crippen molar-refractivity contribution < 1.29 is 13.9 Å². The highest BCUT2D eigenvalue weighted by atomic mass is 16.5. The molecule has 3 heteroatoms. The van der Waals surface area contributed by atoms with E-state index in [4.69, 9.17) is 9.15 Å². The van der Waals surface area contributed by atoms with Crippen LogP contribution in [0, 0.1) is 6.92 Å². The van der Waals surface area contributed by atoms with E-state index in [1.54, 1.807) is 6.92 Å². The molecular formula is C10H12O3. The predicted molar refractivity (Wildman–Crippen MR) is 46.6 cm³/mol. The van der Waals surface area contributed by atoms with Crippen LogP contribution in [0.5, 0.6) is 0 Å². The average molecular weight is 180 g/mol. The van der Waals surface area contributed by atoms with Gasteiger partial charge in [-0.05, 0) is 26.0 Å². The quantitative estimate of drug-likeness (QED) is 0.691. The molecule has 0 aliphatic carbocycles. The van der Waals surface area contributed by atoms with Crippen LogP contribution in [0.4, 0.5) is 0 Å². The lowest BCUT2D eigenvalue weighted by Crippen LogP contribution is -2.51. The summed E-state index contributed by atoms with van der Waals surface area (Å²) >= 11 is 0. The zero-order valence-electron chi connectivity index (χ0n) is 7.79. The molecule has 2 heterocycles. The number of hydrogen-bond donors (Lipinski definition) is 0. The molecule has 0 saturated carbocycles. The second-order valence-corrected chi connectivity index (χ2v) is 3.54. The van der Waals surface area contributed by atoms with Crippen LogP contribution in [-0.4, -0.2) is 19.0 Å². The highest BCUT2D eigenvalue weighted by Gasteiger charge is 2.47. The molecular weight excluding hydrogens is 168 g/mol. The highest BCUT2D eigenvalue weighted by Crippen LogP contribution is 2.34. The zero-order chi connectivity index (χ0) is 9.47. The molecule has 0 unspecified atom stereocenters. The van der Waals surface area contributed by atoms with Gasteiger partial charge in [-0.15, -0.1) is 0 Å². The van der Waals surface area contributed by atoms with Crippen LogP contribution < -0.4 is 0 Å². The molecule has 70 valence electrons. The predicted octanol–water partition coefficient (Wildman–Crippen LogP) is 1.45. The Hall–Kier alpha value is -1.09. The molecule has 1 saturated heterocycles. The fraction of sp³-hybridized carbons (Fsp3) is 0.500. The van der Waals surface area contributed by atoms with Crippen molar-refractivity contribution in [3.05, 3.63) is 23.7 Å². The van der Waals surface area contributed by atoms with Gasteiger partial charge in [-0.2, -0.15) is 0 Å². The molecule has 0 amide bonds. The van der Waals surface area contributed by atoms with Gasteiger partial charge in [0.25, 0.3) is 0 Å². The lowest BCUT2D eigenvalue weighted by molar-refractivity contribution is -0.142. The van der Waals surface area contributed by atoms with Crippen molar-refractivity contribution in [2.24, 2.45) is 0 Å². The summed E-state index contributed by atoms with van der Waals surface area (Å²) in [5.74, 6) is 1.69. The second-order valence-electron chi connectivity index (χ2n) is 3.54. The Morgan fingerprint density at radius 1 is 1.46 bits per heavy atom. The first-order valence-corrected chi connectivity index (χ1v) is 4.31. The number of ether oxygens (including phenoxy) is 1. The number of furan rings is 1. The van der Waals surface area contributed by atoms with Crippen molar-refractivity contribution in [1.82, 2.24) is 0 Å². The van der Waals surface area contributed by atoms with Gasteiger partial charge >= 0.3 is 0 Å². The van der Waals surface area contributed by atoms with E-state index in [9.17, 15) is 4.79 Å². The molecule has 0 atom stereocenters. The Balaban J connectivity index is 2.37. The fourth-order valence-corrected chi connectivity index (χ4v) is 1.52. The number of Topliss-reactive ketones (excluding diaryl/α,β-unsaturated/α-hetero) is 1. The molecule has 1 aromatic heterocycles. The van der Waals surface area contributed by atoms with Gasteiger partial charge in [0.05, 0.1) is 13.2 Å². The highest BCUT2D eigenvalue weighted by molar-refractivity contribution is 5.88. The maximum atomic E-state index is 11.4. The van der Waals surface area contributed by atoms with E-state index >= 15 is 0 Å². The lowest BCUT2D eigenvalue weighted by Gasteiger charge is -2.37. The monoisotopic (exact) mass is 180 g/mol. The fourth-order valence-electron chi connectivity index (χ4n) is 1.52. The Labute approximate surface area is 76.7 Å². The van der Waals surface area contributed by atoms with Crippen molar-refractivity contribution >= 4 is 5.78 Å². The molecule has 0 aromatic carbocycles. The van der Waals surface area contributed by atoms with Gasteiger partial charge in [-0.3, -0.25) is 4.79 Å². The van der Waals surface area contributed by atoms with Crippen LogP contribution in [-0.2, 0) is 14.9 Å². The van der Waals surface area contributed by atoms with Crippen LogP contribution in [0.15, 0.2) is 16.5 Å². The summed E-state index contributed by atoms with van der Waals surface area (Å²) in [6.45, 7) is 4.36. The number of rotatable bonds is 2. The largest absolute Gasteiger partial charge is 0.465 e. The SMILES string of the molecule is CC(=O)C1(c2ccc(C)o2)COC1. The van der Waals surface area contributed by atoms with Gasteiger partial charge in [-0.1, -0.05) is 0 Å². The summed E-state index contributed by atoms with van der Waals surface area (Å²) < 4.78 is 10.5. The van der Waals surface area contributed by atoms with Crippen molar-refractivity contribution in [2.75, 3.05) is 13.2 Å². The normalized spacial score (nSPS) is 19.5. The van der Waals surface area contributed by atoms with Gasteiger partial charge in [0.15, 0.2) is 0 Å². The third-order valence-electron chi connectivity index (χ3n) is 2.58. The molecule has 0 N–H and O–H groups in total. The summed E-state index contributed by atoms with van der Waals surface area (Å²) in [6, 6.07) is 3.73. The molecule has 0 bridgehead atoms. The van der Waals surface area contributed by atoms with Crippen molar-refractivity contribution in [2.45, 2.75) is 19.3 Å². The first-order valence-electron chi connectivity index (χ1n) is 4.31. The maximum Gasteiger partial charge on any atom is 0.148 e. The Morgan fingerprint density at radius 3 is 2.46 bits per heavy atom. The Bertz CT molecular complexity index is 334. The van der Waals surface area contributed by atoms with Gasteiger partial charge in [-0.25, -0.2) is 0 Å². The molecule has 2 rings (SSSR count). The third kappa shape index (κ3) is 1.11. The summed E-state index contributed by atoms with van der Waals surface area (Å²) in [7, 11) is 0. The minimum Gasteiger partial charge on any atom is -0.465 e. The van der Waals surface area contributed by atoms with E-state index in [0.29, 0.717) is 13.2 Å². The minimum absolute atomic E-state index is 0.119. The van der Waals surface area contributed by atoms with Gasteiger partial charge in [0.1, 0.15) is 22.7 Å². The van der Waals surface area contributed by atoms with E-state index < -0.39 is 5.41 Å². The number of ketones is 1. The van der Waals surface area contributed by atoms with Crippen LogP contribution in [0.25, 0.3) is 0 Å². The van der Waals surface area contributed by atoms with Gasteiger partial charge in [0, 0.05) is 0 Å². The Kier molecular flexibility index (Phi) is 1.77. The van der Waals surface area contributed by atoms with E-state index in [-0.39, 0.29) is 5.78 Å². The van der Waals surface area contributed by atoms with Crippen LogP contribution in [0.1, 0.15) is 18.4 Å². The summed E-state index contributed by atoms with van der Waals surface area (Å²) in [5.41, 5.74) is -0.492. The lowest BCUT2D eigenvalue weighted by atomic mass is 9.80. The molecule has 0 spiro atoms. The van der Waals surface area contributed by atoms with E-state index in [1.165, 1.54) is 0 Å². The molecule has 0 radical (unpaired) electrons. The second kappa shape index (κ2) is 2.70. The summed E-state index contributed by atoms with van der Waals surface area (Å²) in [4.78, 5) is 11.4. The molecule has 1 aliphatic rings. The summed E-state index contributed by atoms with van der Waals surface area (Å²) in [6.07, 6.45) is 0. The molecule has 1 fully saturated rings. The number of aryl methyl sites for hydroxylation is 1. The van der Waals surface area contributed by atoms with E-state index in [0.717, 1.165) is 11.5 Å². The van der Waals surface area contributed by atoms with E-state index in [1.807, 2.05) is 19.1 Å². The molecule has 13 heavy (non-hydrogen) atoms. The topological polar surface area (TPSA) is 39.4 Å². The first kappa shape index (κ1) is 8.51. The number of carbonyl (C=O) groups excluding carboxylic acids is 1. The molecule has 1 aromatic rings. The average Bonchev–Trinajstić information content (AvgIpc) is 2.32. The minimum atomic E-state index is -0.492. The van der Waals surface area contributed by atoms with Crippen molar-refractivity contribution in [3.8, 4) is 0 Å². The Morgan fingerprint density at radius 2 is 2.15 bits per heavy atom. The van der Waals surface area contributed by atoms with Crippen LogP contribution >= 0.6 is 0 Å². The molecule has 1 aliphatic heterocycles. The van der Waals surface area contributed by atoms with Crippen LogP contribution in [0.3, 0.4) is 0 Å². The van der Waals surface area contributed by atoms with Crippen molar-refractivity contribution in [1.29, 1.82) is 0 Å². The van der Waals surface area contributed by atoms with Crippen molar-refractivity contribution in [3.63, 3.8) is 0 Å². The smallest absolute Gasteiger partial charge is 0.148 e. The van der Waals surface area contributed by atoms with Crippen LogP contribution in [0.2, 0.25) is 0 Å². The van der Waals surface area contributed by atoms with E-state index in [2.05, 4.69) is 0 Å². The maximum absolute atomic E-state index is 11.4.